The van der Waals surface area contributed by atoms with E-state index in [0.29, 0.717) is 59.0 Å². The van der Waals surface area contributed by atoms with Gasteiger partial charge in [0.25, 0.3) is 5.91 Å². The molecular formula is C33H36N6O3. The zero-order chi connectivity index (χ0) is 30.1. The van der Waals surface area contributed by atoms with Gasteiger partial charge in [-0.05, 0) is 73.1 Å². The van der Waals surface area contributed by atoms with E-state index >= 15 is 0 Å². The first kappa shape index (κ1) is 29.8. The van der Waals surface area contributed by atoms with Crippen molar-refractivity contribution >= 4 is 28.7 Å². The molecule has 5 N–H and O–H groups in total. The van der Waals surface area contributed by atoms with Crippen molar-refractivity contribution in [3.05, 3.63) is 131 Å². The zero-order valence-electron chi connectivity index (χ0n) is 24.1. The first-order chi connectivity index (χ1) is 20.3. The van der Waals surface area contributed by atoms with E-state index in [1.165, 1.54) is 0 Å². The number of nitrogens with zero attached hydrogens (tertiary/aromatic N) is 3. The summed E-state index contributed by atoms with van der Waals surface area (Å²) in [6.45, 7) is 9.11. The van der Waals surface area contributed by atoms with Crippen LogP contribution in [0.15, 0.2) is 113 Å². The van der Waals surface area contributed by atoms with Crippen LogP contribution in [0.3, 0.4) is 0 Å². The largest absolute Gasteiger partial charge is 0.508 e. The van der Waals surface area contributed by atoms with E-state index in [0.717, 1.165) is 16.7 Å². The van der Waals surface area contributed by atoms with Crippen LogP contribution in [-0.2, 0) is 17.8 Å². The van der Waals surface area contributed by atoms with Gasteiger partial charge in [0.1, 0.15) is 17.3 Å². The lowest BCUT2D eigenvalue weighted by atomic mass is 10.0. The number of imidazole rings is 1. The van der Waals surface area contributed by atoms with Crippen molar-refractivity contribution in [2.75, 3.05) is 13.7 Å². The van der Waals surface area contributed by atoms with E-state index in [4.69, 9.17) is 10.6 Å². The maximum absolute atomic E-state index is 13.1. The Morgan fingerprint density at radius 3 is 2.76 bits per heavy atom. The lowest BCUT2D eigenvalue weighted by Gasteiger charge is -2.16. The molecule has 1 amide bonds. The van der Waals surface area contributed by atoms with Gasteiger partial charge in [0, 0.05) is 30.1 Å². The molecule has 9 nitrogen and oxygen atoms in total. The fourth-order valence-corrected chi connectivity index (χ4v) is 4.53. The van der Waals surface area contributed by atoms with Crippen LogP contribution < -0.4 is 11.2 Å². The Bertz CT molecular complexity index is 1650. The minimum Gasteiger partial charge on any atom is -0.508 e. The van der Waals surface area contributed by atoms with Gasteiger partial charge in [0.2, 0.25) is 0 Å². The third kappa shape index (κ3) is 7.13. The Hall–Kier alpha value is -5.15. The van der Waals surface area contributed by atoms with Gasteiger partial charge in [0.05, 0.1) is 36.8 Å². The quantitative estimate of drug-likeness (QED) is 0.103. The van der Waals surface area contributed by atoms with Crippen molar-refractivity contribution in [2.45, 2.75) is 26.9 Å². The molecule has 0 saturated heterocycles. The van der Waals surface area contributed by atoms with Crippen LogP contribution in [0.5, 0.6) is 0 Å². The smallest absolute Gasteiger partial charge is 0.251 e. The third-order valence-electron chi connectivity index (χ3n) is 6.70. The van der Waals surface area contributed by atoms with E-state index in [9.17, 15) is 9.90 Å². The number of nitrogens with one attached hydrogen (secondary N) is 2. The molecule has 2 heterocycles. The summed E-state index contributed by atoms with van der Waals surface area (Å²) in [7, 11) is 1.59. The molecule has 1 aliphatic rings. The number of aromatic nitrogens is 2. The highest BCUT2D eigenvalue weighted by Gasteiger charge is 2.17. The molecule has 0 fully saturated rings. The summed E-state index contributed by atoms with van der Waals surface area (Å²) in [4.78, 5) is 25.3. The van der Waals surface area contributed by atoms with E-state index < -0.39 is 0 Å². The SMILES string of the molecule is C=C(/C=C(\C(O)=C/C)c1nc2ccc(C(=O)NCc3ccccc3CN(N)/C=C\C)cc2[nH]1)C1=C(OC)CN=CC=C1. The maximum atomic E-state index is 13.1. The first-order valence-corrected chi connectivity index (χ1v) is 13.5. The highest BCUT2D eigenvalue weighted by molar-refractivity contribution is 5.97. The number of ether oxygens (including phenoxy) is 1. The van der Waals surface area contributed by atoms with E-state index in [-0.39, 0.29) is 11.7 Å². The van der Waals surface area contributed by atoms with Gasteiger partial charge in [-0.3, -0.25) is 9.79 Å². The number of carbonyl (C=O) groups is 1. The Labute approximate surface area is 245 Å². The average molecular weight is 565 g/mol. The molecule has 0 aliphatic carbocycles. The molecule has 3 aromatic rings. The van der Waals surface area contributed by atoms with E-state index in [2.05, 4.69) is 26.9 Å². The molecule has 9 heteroatoms. The number of fused-ring (bicyclic) bond motifs is 1. The number of methoxy groups -OCH3 is 1. The molecule has 1 aliphatic heterocycles. The van der Waals surface area contributed by atoms with Crippen molar-refractivity contribution in [2.24, 2.45) is 10.8 Å². The predicted molar refractivity (Wildman–Crippen MR) is 168 cm³/mol. The van der Waals surface area contributed by atoms with Gasteiger partial charge in [-0.25, -0.2) is 10.8 Å². The monoisotopic (exact) mass is 564 g/mol. The van der Waals surface area contributed by atoms with Crippen LogP contribution in [0.4, 0.5) is 0 Å². The van der Waals surface area contributed by atoms with Crippen LogP contribution in [0.1, 0.15) is 41.2 Å². The Balaban J connectivity index is 1.57. The second-order valence-electron chi connectivity index (χ2n) is 9.57. The van der Waals surface area contributed by atoms with Crippen molar-refractivity contribution in [3.8, 4) is 0 Å². The van der Waals surface area contributed by atoms with Gasteiger partial charge < -0.3 is 25.2 Å². The zero-order valence-corrected chi connectivity index (χ0v) is 24.1. The number of aliphatic imine (C=N–C) groups is 1. The molecule has 0 bridgehead atoms. The van der Waals surface area contributed by atoms with Gasteiger partial charge in [0.15, 0.2) is 0 Å². The Morgan fingerprint density at radius 2 is 2.02 bits per heavy atom. The Kier molecular flexibility index (Phi) is 9.91. The minimum atomic E-state index is -0.220. The fourth-order valence-electron chi connectivity index (χ4n) is 4.53. The standard InChI is InChI=1S/C33H36N6O3/c1-5-16-39(34)21-25-11-8-7-10-24(25)19-36-33(41)23-13-14-28-29(18-23)38-32(37-28)27(30(40)6-2)17-22(3)26-12-9-15-35-20-31(26)42-4/h5-18,40H,3,19-21,34H2,1-2,4H3,(H,36,41)(H,37,38)/b16-5-,27-17+,30-6+. The molecule has 216 valence electrons. The van der Waals surface area contributed by atoms with Crippen molar-refractivity contribution in [3.63, 3.8) is 0 Å². The third-order valence-corrected chi connectivity index (χ3v) is 6.70. The summed E-state index contributed by atoms with van der Waals surface area (Å²) in [6, 6.07) is 13.1. The lowest BCUT2D eigenvalue weighted by Crippen LogP contribution is -2.27. The number of aliphatic hydroxyl groups excluding tert-OH is 1. The van der Waals surface area contributed by atoms with Crippen LogP contribution in [-0.4, -0.2) is 45.9 Å². The molecule has 0 atom stereocenters. The number of benzene rings is 2. The van der Waals surface area contributed by atoms with Crippen molar-refractivity contribution < 1.29 is 14.6 Å². The van der Waals surface area contributed by atoms with Gasteiger partial charge in [-0.2, -0.15) is 0 Å². The first-order valence-electron chi connectivity index (χ1n) is 13.5. The summed E-state index contributed by atoms with van der Waals surface area (Å²) in [5.74, 6) is 6.95. The number of hydrogen-bond acceptors (Lipinski definition) is 7. The highest BCUT2D eigenvalue weighted by Crippen LogP contribution is 2.28. The molecule has 0 saturated carbocycles. The number of allylic oxidation sites excluding steroid dienone is 8. The molecule has 4 rings (SSSR count). The van der Waals surface area contributed by atoms with Gasteiger partial charge in [-0.15, -0.1) is 0 Å². The molecular weight excluding hydrogens is 528 g/mol. The second kappa shape index (κ2) is 14.0. The predicted octanol–water partition coefficient (Wildman–Crippen LogP) is 5.64. The normalized spacial score (nSPS) is 14.0. The van der Waals surface area contributed by atoms with Crippen LogP contribution >= 0.6 is 0 Å². The number of aromatic amines is 1. The number of carbonyl (C=O) groups excluding carboxylic acids is 1. The number of hydrazine groups is 1. The van der Waals surface area contributed by atoms with E-state index in [1.807, 2.05) is 49.4 Å². The van der Waals surface area contributed by atoms with Crippen molar-refractivity contribution in [1.29, 1.82) is 0 Å². The molecule has 0 unspecified atom stereocenters. The van der Waals surface area contributed by atoms with Crippen LogP contribution in [0.2, 0.25) is 0 Å². The topological polar surface area (TPSA) is 129 Å². The minimum absolute atomic E-state index is 0.0331. The summed E-state index contributed by atoms with van der Waals surface area (Å²) in [5.41, 5.74) is 5.65. The molecule has 0 spiro atoms. The number of rotatable bonds is 11. The fraction of sp³-hybridized carbons (Fsp3) is 0.182. The average Bonchev–Trinajstić information content (AvgIpc) is 3.27. The van der Waals surface area contributed by atoms with Gasteiger partial charge in [-0.1, -0.05) is 36.9 Å². The number of aliphatic hydroxyl groups is 1. The van der Waals surface area contributed by atoms with Crippen molar-refractivity contribution in [1.82, 2.24) is 20.3 Å². The summed E-state index contributed by atoms with van der Waals surface area (Å²) < 4.78 is 5.52. The molecule has 1 aromatic heterocycles. The highest BCUT2D eigenvalue weighted by atomic mass is 16.5. The lowest BCUT2D eigenvalue weighted by molar-refractivity contribution is 0.0951. The van der Waals surface area contributed by atoms with E-state index in [1.54, 1.807) is 61.8 Å². The number of nitrogens with two attached hydrogens (primary N) is 1. The summed E-state index contributed by atoms with van der Waals surface area (Å²) in [5, 5.41) is 15.4. The number of hydrogen-bond donors (Lipinski definition) is 4. The summed E-state index contributed by atoms with van der Waals surface area (Å²) >= 11 is 0. The second-order valence-corrected chi connectivity index (χ2v) is 9.57. The molecule has 42 heavy (non-hydrogen) atoms. The van der Waals surface area contributed by atoms with Gasteiger partial charge >= 0.3 is 0 Å². The Morgan fingerprint density at radius 1 is 1.24 bits per heavy atom. The van der Waals surface area contributed by atoms with Crippen LogP contribution in [0.25, 0.3) is 16.6 Å². The molecule has 0 radical (unpaired) electrons. The number of H-pyrrole nitrogens is 1. The van der Waals surface area contributed by atoms with Crippen LogP contribution in [0, 0.1) is 0 Å². The number of amides is 1. The summed E-state index contributed by atoms with van der Waals surface area (Å²) in [6.07, 6.45) is 12.4. The molecule has 2 aromatic carbocycles. The maximum Gasteiger partial charge on any atom is 0.251 e.